The first-order valence-electron chi connectivity index (χ1n) is 12.0. The molecule has 2 N–H and O–H groups in total. The molecule has 0 bridgehead atoms. The summed E-state index contributed by atoms with van der Waals surface area (Å²) < 4.78 is 19.1. The van der Waals surface area contributed by atoms with Gasteiger partial charge in [0.2, 0.25) is 5.91 Å². The number of carboxylic acids is 2. The van der Waals surface area contributed by atoms with Crippen LogP contribution in [0.5, 0.6) is 0 Å². The Kier molecular flexibility index (Phi) is 11.4. The molecule has 206 valence electrons. The molecule has 2 aromatic rings. The normalized spacial score (nSPS) is 15.4. The lowest BCUT2D eigenvalue weighted by atomic mass is 9.86. The van der Waals surface area contributed by atoms with Gasteiger partial charge in [-0.3, -0.25) is 9.63 Å². The minimum absolute atomic E-state index is 0.153. The van der Waals surface area contributed by atoms with E-state index >= 15 is 0 Å². The Bertz CT molecular complexity index is 1090. The second-order valence-electron chi connectivity index (χ2n) is 8.92. The first kappa shape index (κ1) is 30.4. The number of hydrogen-bond donors (Lipinski definition) is 2. The summed E-state index contributed by atoms with van der Waals surface area (Å²) in [6.45, 7) is 5.43. The number of amides is 1. The number of esters is 1. The summed E-state index contributed by atoms with van der Waals surface area (Å²) in [6, 6.07) is 16.5. The predicted octanol–water partition coefficient (Wildman–Crippen LogP) is 3.07. The molecule has 1 fully saturated rings. The summed E-state index contributed by atoms with van der Waals surface area (Å²) in [5.74, 6) is -4.67. The average Bonchev–Trinajstić information content (AvgIpc) is 2.90. The molecule has 0 spiro atoms. The number of hydroxylamine groups is 2. The van der Waals surface area contributed by atoms with E-state index < -0.39 is 35.2 Å². The Labute approximate surface area is 220 Å². The molecule has 2 aromatic carbocycles. The van der Waals surface area contributed by atoms with Gasteiger partial charge in [0.1, 0.15) is 12.4 Å². The topological polar surface area (TPSA) is 134 Å². The fourth-order valence-corrected chi connectivity index (χ4v) is 4.33. The second-order valence-corrected chi connectivity index (χ2v) is 8.92. The number of rotatable bonds is 8. The molecule has 10 nitrogen and oxygen atoms in total. The largest absolute Gasteiger partial charge is 0.473 e. The van der Waals surface area contributed by atoms with Crippen LogP contribution >= 0.6 is 0 Å². The molecule has 1 saturated heterocycles. The Morgan fingerprint density at radius 1 is 1.00 bits per heavy atom. The smallest absolute Gasteiger partial charge is 0.414 e. The van der Waals surface area contributed by atoms with Crippen LogP contribution in [-0.4, -0.2) is 76.3 Å². The Morgan fingerprint density at radius 2 is 1.55 bits per heavy atom. The number of benzene rings is 2. The van der Waals surface area contributed by atoms with Crippen LogP contribution in [0.3, 0.4) is 0 Å². The van der Waals surface area contributed by atoms with Crippen molar-refractivity contribution in [3.8, 4) is 0 Å². The Morgan fingerprint density at radius 3 is 2.05 bits per heavy atom. The molecule has 1 heterocycles. The van der Waals surface area contributed by atoms with E-state index in [1.807, 2.05) is 18.2 Å². The van der Waals surface area contributed by atoms with Crippen molar-refractivity contribution >= 4 is 23.8 Å². The van der Waals surface area contributed by atoms with Crippen molar-refractivity contribution in [2.24, 2.45) is 0 Å². The summed E-state index contributed by atoms with van der Waals surface area (Å²) in [4.78, 5) is 51.6. The van der Waals surface area contributed by atoms with E-state index in [-0.39, 0.29) is 6.61 Å². The number of halogens is 1. The average molecular weight is 533 g/mol. The summed E-state index contributed by atoms with van der Waals surface area (Å²) in [7, 11) is 1.31. The van der Waals surface area contributed by atoms with Crippen molar-refractivity contribution < 1.29 is 43.4 Å². The van der Waals surface area contributed by atoms with E-state index in [0.717, 1.165) is 11.6 Å². The lowest BCUT2D eigenvalue weighted by molar-refractivity contribution is -0.240. The SMILES string of the molecule is COC(=O)C1(N(OCc2ccccc2F)C(C)=O)CCN(CC(C)c2ccccc2)CC1.O=C(O)C(=O)O. The first-order valence-corrected chi connectivity index (χ1v) is 12.0. The fraction of sp³-hybridized carbons (Fsp3) is 0.407. The number of carbonyl (C=O) groups excluding carboxylic acids is 2. The number of ether oxygens (including phenoxy) is 1. The van der Waals surface area contributed by atoms with Gasteiger partial charge in [-0.15, -0.1) is 0 Å². The third kappa shape index (κ3) is 8.09. The van der Waals surface area contributed by atoms with Crippen molar-refractivity contribution in [2.45, 2.75) is 44.8 Å². The third-order valence-corrected chi connectivity index (χ3v) is 6.31. The molecular weight excluding hydrogens is 499 g/mol. The number of piperidine rings is 1. The van der Waals surface area contributed by atoms with Gasteiger partial charge in [0.15, 0.2) is 5.54 Å². The fourth-order valence-electron chi connectivity index (χ4n) is 4.33. The van der Waals surface area contributed by atoms with Gasteiger partial charge >= 0.3 is 17.9 Å². The molecule has 1 amide bonds. The highest BCUT2D eigenvalue weighted by Gasteiger charge is 2.50. The number of likely N-dealkylation sites (tertiary alicyclic amines) is 1. The van der Waals surface area contributed by atoms with Gasteiger partial charge in [-0.1, -0.05) is 55.5 Å². The molecule has 0 radical (unpaired) electrons. The predicted molar refractivity (Wildman–Crippen MR) is 134 cm³/mol. The Hall–Kier alpha value is -3.83. The van der Waals surface area contributed by atoms with Crippen LogP contribution in [0.1, 0.15) is 43.7 Å². The van der Waals surface area contributed by atoms with Gasteiger partial charge in [-0.25, -0.2) is 23.8 Å². The molecule has 1 aliphatic heterocycles. The maximum absolute atomic E-state index is 14.0. The molecule has 1 unspecified atom stereocenters. The van der Waals surface area contributed by atoms with E-state index in [0.29, 0.717) is 37.4 Å². The molecular formula is C27H33FN2O8. The highest BCUT2D eigenvalue weighted by Crippen LogP contribution is 2.33. The lowest BCUT2D eigenvalue weighted by Crippen LogP contribution is -2.61. The van der Waals surface area contributed by atoms with Crippen LogP contribution in [0.4, 0.5) is 4.39 Å². The molecule has 0 saturated carbocycles. The number of carbonyl (C=O) groups is 4. The lowest BCUT2D eigenvalue weighted by Gasteiger charge is -2.45. The standard InChI is InChI=1S/C25H31FN2O4.C2H2O4/c1-19(21-9-5-4-6-10-21)17-27-15-13-25(14-16-27,24(30)31-3)28(20(2)29)32-18-22-11-7-8-12-23(22)26;3-1(4)2(5)6/h4-12,19H,13-18H2,1-3H3;(H,3,4)(H,5,6). The molecule has 1 aliphatic rings. The summed E-state index contributed by atoms with van der Waals surface area (Å²) in [5, 5.41) is 15.9. The molecule has 0 aromatic heterocycles. The maximum atomic E-state index is 14.0. The quantitative estimate of drug-likeness (QED) is 0.299. The molecule has 3 rings (SSSR count). The van der Waals surface area contributed by atoms with Gasteiger partial charge in [0.25, 0.3) is 0 Å². The molecule has 1 atom stereocenters. The number of carboxylic acid groups (broad SMARTS) is 2. The molecule has 0 aliphatic carbocycles. The summed E-state index contributed by atoms with van der Waals surface area (Å²) >= 11 is 0. The third-order valence-electron chi connectivity index (χ3n) is 6.31. The highest BCUT2D eigenvalue weighted by atomic mass is 19.1. The van der Waals surface area contributed by atoms with E-state index in [9.17, 15) is 14.0 Å². The maximum Gasteiger partial charge on any atom is 0.414 e. The van der Waals surface area contributed by atoms with Gasteiger partial charge in [-0.05, 0) is 30.4 Å². The van der Waals surface area contributed by atoms with Crippen LogP contribution in [0.15, 0.2) is 54.6 Å². The van der Waals surface area contributed by atoms with Gasteiger partial charge in [0, 0.05) is 32.1 Å². The number of nitrogens with zero attached hydrogens (tertiary/aromatic N) is 2. The zero-order valence-corrected chi connectivity index (χ0v) is 21.6. The van der Waals surface area contributed by atoms with Crippen molar-refractivity contribution in [2.75, 3.05) is 26.7 Å². The van der Waals surface area contributed by atoms with Crippen molar-refractivity contribution in [1.29, 1.82) is 0 Å². The van der Waals surface area contributed by atoms with Crippen LogP contribution in [0, 0.1) is 5.82 Å². The second kappa shape index (κ2) is 14.2. The van der Waals surface area contributed by atoms with E-state index in [2.05, 4.69) is 24.0 Å². The molecule has 11 heteroatoms. The first-order chi connectivity index (χ1) is 18.0. The van der Waals surface area contributed by atoms with Crippen LogP contribution in [0.25, 0.3) is 0 Å². The summed E-state index contributed by atoms with van der Waals surface area (Å²) in [6.07, 6.45) is 0.746. The van der Waals surface area contributed by atoms with Crippen LogP contribution in [-0.2, 0) is 35.4 Å². The van der Waals surface area contributed by atoms with E-state index in [4.69, 9.17) is 29.4 Å². The Balaban J connectivity index is 0.000000757. The van der Waals surface area contributed by atoms with E-state index in [1.165, 1.54) is 25.7 Å². The van der Waals surface area contributed by atoms with Crippen molar-refractivity contribution in [1.82, 2.24) is 9.96 Å². The molecule has 38 heavy (non-hydrogen) atoms. The van der Waals surface area contributed by atoms with Gasteiger partial charge in [0.05, 0.1) is 7.11 Å². The van der Waals surface area contributed by atoms with Crippen molar-refractivity contribution in [3.05, 3.63) is 71.5 Å². The minimum Gasteiger partial charge on any atom is -0.473 e. The zero-order valence-electron chi connectivity index (χ0n) is 21.6. The zero-order chi connectivity index (χ0) is 28.3. The van der Waals surface area contributed by atoms with Crippen LogP contribution < -0.4 is 0 Å². The highest BCUT2D eigenvalue weighted by molar-refractivity contribution is 6.27. The van der Waals surface area contributed by atoms with Gasteiger partial charge < -0.3 is 19.8 Å². The van der Waals surface area contributed by atoms with Gasteiger partial charge in [-0.2, -0.15) is 0 Å². The van der Waals surface area contributed by atoms with E-state index in [1.54, 1.807) is 18.2 Å². The monoisotopic (exact) mass is 532 g/mol. The minimum atomic E-state index is -1.82. The summed E-state index contributed by atoms with van der Waals surface area (Å²) in [5.41, 5.74) is 0.335. The number of aliphatic carboxylic acids is 2. The number of methoxy groups -OCH3 is 1. The number of hydrogen-bond acceptors (Lipinski definition) is 7. The van der Waals surface area contributed by atoms with Crippen molar-refractivity contribution in [3.63, 3.8) is 0 Å². The van der Waals surface area contributed by atoms with Crippen LogP contribution in [0.2, 0.25) is 0 Å².